The molecule has 0 amide bonds. The molecular formula is C37H31N3. The first-order chi connectivity index (χ1) is 19.8. The smallest absolute Gasteiger partial charge is 0.155 e. The maximum atomic E-state index is 5.06. The number of amidine groups is 1. The van der Waals surface area contributed by atoms with Gasteiger partial charge in [-0.05, 0) is 46.0 Å². The van der Waals surface area contributed by atoms with Crippen LogP contribution in [0.4, 0.5) is 0 Å². The van der Waals surface area contributed by atoms with Crippen LogP contribution in [0.3, 0.4) is 0 Å². The highest BCUT2D eigenvalue weighted by Gasteiger charge is 2.08. The van der Waals surface area contributed by atoms with E-state index in [1.807, 2.05) is 48.7 Å². The van der Waals surface area contributed by atoms with Crippen LogP contribution >= 0.6 is 0 Å². The van der Waals surface area contributed by atoms with Gasteiger partial charge in [0, 0.05) is 23.5 Å². The molecule has 40 heavy (non-hydrogen) atoms. The van der Waals surface area contributed by atoms with E-state index in [0.29, 0.717) is 12.4 Å². The Kier molecular flexibility index (Phi) is 8.99. The Labute approximate surface area is 236 Å². The quantitative estimate of drug-likeness (QED) is 0.109. The highest BCUT2D eigenvalue weighted by molar-refractivity contribution is 6.17. The molecule has 0 aliphatic heterocycles. The van der Waals surface area contributed by atoms with Crippen LogP contribution in [0.2, 0.25) is 0 Å². The molecule has 0 bridgehead atoms. The first-order valence-electron chi connectivity index (χ1n) is 13.4. The zero-order valence-corrected chi connectivity index (χ0v) is 22.4. The number of allylic oxidation sites excluding steroid dienone is 3. The van der Waals surface area contributed by atoms with Crippen molar-refractivity contribution in [3.63, 3.8) is 0 Å². The lowest BCUT2D eigenvalue weighted by molar-refractivity contribution is 1.23. The van der Waals surface area contributed by atoms with Crippen molar-refractivity contribution in [3.8, 4) is 11.1 Å². The lowest BCUT2D eigenvalue weighted by atomic mass is 9.97. The Morgan fingerprint density at radius 2 is 1.55 bits per heavy atom. The van der Waals surface area contributed by atoms with Crippen molar-refractivity contribution in [2.24, 2.45) is 9.98 Å². The van der Waals surface area contributed by atoms with Crippen LogP contribution in [-0.4, -0.2) is 23.1 Å². The van der Waals surface area contributed by atoms with E-state index in [0.717, 1.165) is 28.8 Å². The highest BCUT2D eigenvalue weighted by atomic mass is 14.9. The largest absolute Gasteiger partial charge is 0.264 e. The normalized spacial score (nSPS) is 12.4. The summed E-state index contributed by atoms with van der Waals surface area (Å²) >= 11 is 0. The van der Waals surface area contributed by atoms with E-state index in [9.17, 15) is 0 Å². The van der Waals surface area contributed by atoms with Crippen molar-refractivity contribution in [1.82, 2.24) is 4.98 Å². The summed E-state index contributed by atoms with van der Waals surface area (Å²) in [4.78, 5) is 14.0. The number of hydrogen-bond donors (Lipinski definition) is 0. The number of rotatable bonds is 9. The number of benzene rings is 4. The first-order valence-corrected chi connectivity index (χ1v) is 13.4. The van der Waals surface area contributed by atoms with Crippen molar-refractivity contribution in [3.05, 3.63) is 169 Å². The average Bonchev–Trinajstić information content (AvgIpc) is 3.02. The molecule has 5 aromatic rings. The Morgan fingerprint density at radius 3 is 2.35 bits per heavy atom. The SMILES string of the molecule is C=CCN=C(N=C(/C=C/C/C=C/c1cccnc1)c1ccc(-c2cccc3ccccc23)cc1)c1ccccc1. The van der Waals surface area contributed by atoms with Crippen LogP contribution in [0.15, 0.2) is 162 Å². The van der Waals surface area contributed by atoms with Gasteiger partial charge in [0.2, 0.25) is 0 Å². The molecule has 0 aliphatic rings. The third-order valence-corrected chi connectivity index (χ3v) is 6.45. The molecule has 1 heterocycles. The predicted molar refractivity (Wildman–Crippen MR) is 171 cm³/mol. The molecule has 0 fully saturated rings. The second kappa shape index (κ2) is 13.6. The van der Waals surface area contributed by atoms with Gasteiger partial charge >= 0.3 is 0 Å². The van der Waals surface area contributed by atoms with Crippen LogP contribution < -0.4 is 0 Å². The summed E-state index contributed by atoms with van der Waals surface area (Å²) in [6.45, 7) is 4.34. The van der Waals surface area contributed by atoms with Crippen molar-refractivity contribution >= 4 is 28.4 Å². The monoisotopic (exact) mass is 517 g/mol. The fourth-order valence-electron chi connectivity index (χ4n) is 4.48. The van der Waals surface area contributed by atoms with E-state index >= 15 is 0 Å². The molecule has 0 atom stereocenters. The summed E-state index contributed by atoms with van der Waals surface area (Å²) in [5.74, 6) is 0.684. The predicted octanol–water partition coefficient (Wildman–Crippen LogP) is 8.98. The molecule has 0 N–H and O–H groups in total. The molecule has 4 aromatic carbocycles. The molecule has 0 saturated heterocycles. The molecule has 3 heteroatoms. The summed E-state index contributed by atoms with van der Waals surface area (Å²) in [6.07, 6.45) is 14.6. The molecule has 0 spiro atoms. The maximum absolute atomic E-state index is 5.06. The van der Waals surface area contributed by atoms with E-state index in [1.54, 1.807) is 12.3 Å². The van der Waals surface area contributed by atoms with Gasteiger partial charge in [-0.25, -0.2) is 4.99 Å². The van der Waals surface area contributed by atoms with Crippen LogP contribution in [-0.2, 0) is 0 Å². The molecule has 0 unspecified atom stereocenters. The van der Waals surface area contributed by atoms with Crippen molar-refractivity contribution in [1.29, 1.82) is 0 Å². The minimum atomic E-state index is 0.499. The lowest BCUT2D eigenvalue weighted by Crippen LogP contribution is -2.05. The Hall–Kier alpha value is -5.15. The molecule has 3 nitrogen and oxygen atoms in total. The van der Waals surface area contributed by atoms with Crippen LogP contribution in [0, 0.1) is 0 Å². The molecule has 0 saturated carbocycles. The number of hydrogen-bond acceptors (Lipinski definition) is 2. The average molecular weight is 518 g/mol. The lowest BCUT2D eigenvalue weighted by Gasteiger charge is -2.09. The Balaban J connectivity index is 1.48. The number of aliphatic imine (C=N–C) groups is 2. The maximum Gasteiger partial charge on any atom is 0.155 e. The first kappa shape index (κ1) is 26.5. The summed E-state index contributed by atoms with van der Waals surface area (Å²) in [5.41, 5.74) is 6.32. The molecule has 194 valence electrons. The number of aromatic nitrogens is 1. The van der Waals surface area contributed by atoms with E-state index in [2.05, 4.69) is 103 Å². The minimum absolute atomic E-state index is 0.499. The van der Waals surface area contributed by atoms with Crippen molar-refractivity contribution in [2.45, 2.75) is 6.42 Å². The molecule has 5 rings (SSSR count). The van der Waals surface area contributed by atoms with Gasteiger partial charge in [0.05, 0.1) is 12.3 Å². The van der Waals surface area contributed by atoms with Gasteiger partial charge in [0.25, 0.3) is 0 Å². The zero-order valence-electron chi connectivity index (χ0n) is 22.4. The van der Waals surface area contributed by atoms with Crippen LogP contribution in [0.5, 0.6) is 0 Å². The third-order valence-electron chi connectivity index (χ3n) is 6.45. The fourth-order valence-corrected chi connectivity index (χ4v) is 4.48. The Morgan fingerprint density at radius 1 is 0.750 bits per heavy atom. The standard InChI is InChI=1S/C37H31N3/c1-2-26-39-37(33-16-6-4-7-17-33)40-36(21-8-3-5-13-29-14-12-27-38-28-29)32-24-22-31(23-25-32)35-20-11-18-30-15-9-10-19-34(30)35/h2,4-25,27-28H,1,3,26H2/b13-5+,21-8+,39-37?,40-36?. The summed E-state index contributed by atoms with van der Waals surface area (Å²) in [6, 6.07) is 37.6. The van der Waals surface area contributed by atoms with E-state index in [4.69, 9.17) is 9.98 Å². The van der Waals surface area contributed by atoms with Gasteiger partial charge < -0.3 is 0 Å². The molecule has 1 aromatic heterocycles. The second-order valence-electron chi connectivity index (χ2n) is 9.25. The van der Waals surface area contributed by atoms with Gasteiger partial charge in [-0.3, -0.25) is 9.98 Å². The van der Waals surface area contributed by atoms with E-state index in [-0.39, 0.29) is 0 Å². The second-order valence-corrected chi connectivity index (χ2v) is 9.25. The van der Waals surface area contributed by atoms with Crippen LogP contribution in [0.25, 0.3) is 28.0 Å². The number of pyridine rings is 1. The van der Waals surface area contributed by atoms with Crippen molar-refractivity contribution < 1.29 is 0 Å². The van der Waals surface area contributed by atoms with Gasteiger partial charge in [0.1, 0.15) is 0 Å². The topological polar surface area (TPSA) is 37.6 Å². The van der Waals surface area contributed by atoms with Gasteiger partial charge in [-0.15, -0.1) is 6.58 Å². The highest BCUT2D eigenvalue weighted by Crippen LogP contribution is 2.29. The van der Waals surface area contributed by atoms with Crippen molar-refractivity contribution in [2.75, 3.05) is 6.54 Å². The van der Waals surface area contributed by atoms with E-state index < -0.39 is 0 Å². The van der Waals surface area contributed by atoms with E-state index in [1.165, 1.54) is 21.9 Å². The molecule has 0 aliphatic carbocycles. The summed E-state index contributed by atoms with van der Waals surface area (Å²) < 4.78 is 0. The number of fused-ring (bicyclic) bond motifs is 1. The summed E-state index contributed by atoms with van der Waals surface area (Å²) in [7, 11) is 0. The van der Waals surface area contributed by atoms with Crippen LogP contribution in [0.1, 0.15) is 23.1 Å². The zero-order chi connectivity index (χ0) is 27.4. The number of nitrogens with zero attached hydrogens (tertiary/aromatic N) is 3. The molecular weight excluding hydrogens is 486 g/mol. The van der Waals surface area contributed by atoms with Gasteiger partial charge in [0.15, 0.2) is 5.84 Å². The van der Waals surface area contributed by atoms with Gasteiger partial charge in [-0.1, -0.05) is 127 Å². The molecule has 0 radical (unpaired) electrons. The minimum Gasteiger partial charge on any atom is -0.264 e. The summed E-state index contributed by atoms with van der Waals surface area (Å²) in [5, 5.41) is 2.48. The van der Waals surface area contributed by atoms with Gasteiger partial charge in [-0.2, -0.15) is 0 Å². The Bertz CT molecular complexity index is 1670. The third kappa shape index (κ3) is 6.83. The fraction of sp³-hybridized carbons (Fsp3) is 0.0541.